The first-order valence-electron chi connectivity index (χ1n) is 6.61. The number of rotatable bonds is 5. The monoisotopic (exact) mass is 266 g/mol. The maximum Gasteiger partial charge on any atom is 0.168 e. The number of carbonyl (C=O) groups excluding carboxylic acids is 1. The Bertz CT molecular complexity index is 618. The molecule has 0 atom stereocenters. The SMILES string of the molecule is CC(CC(=O)c1ccccc1)=Nc1ccccc1CN. The van der Waals surface area contributed by atoms with E-state index in [1.807, 2.05) is 61.5 Å². The Morgan fingerprint density at radius 3 is 2.40 bits per heavy atom. The van der Waals surface area contributed by atoms with E-state index in [0.29, 0.717) is 18.5 Å². The van der Waals surface area contributed by atoms with Gasteiger partial charge >= 0.3 is 0 Å². The summed E-state index contributed by atoms with van der Waals surface area (Å²) in [7, 11) is 0. The van der Waals surface area contributed by atoms with Crippen molar-refractivity contribution in [3.8, 4) is 0 Å². The molecule has 2 rings (SSSR count). The summed E-state index contributed by atoms with van der Waals surface area (Å²) in [6.45, 7) is 2.31. The Morgan fingerprint density at radius 2 is 1.70 bits per heavy atom. The van der Waals surface area contributed by atoms with Crippen LogP contribution < -0.4 is 5.73 Å². The smallest absolute Gasteiger partial charge is 0.168 e. The highest BCUT2D eigenvalue weighted by Gasteiger charge is 2.07. The molecular weight excluding hydrogens is 248 g/mol. The van der Waals surface area contributed by atoms with Gasteiger partial charge in [0.05, 0.1) is 5.69 Å². The number of nitrogens with two attached hydrogens (primary N) is 1. The highest BCUT2D eigenvalue weighted by atomic mass is 16.1. The third-order valence-electron chi connectivity index (χ3n) is 3.03. The predicted octanol–water partition coefficient (Wildman–Crippen LogP) is 3.51. The van der Waals surface area contributed by atoms with Crippen molar-refractivity contribution in [1.82, 2.24) is 0 Å². The van der Waals surface area contributed by atoms with E-state index < -0.39 is 0 Å². The van der Waals surface area contributed by atoms with Gasteiger partial charge < -0.3 is 5.73 Å². The number of Topliss-reactive ketones (excluding diaryl/α,β-unsaturated/α-hetero) is 1. The van der Waals surface area contributed by atoms with E-state index >= 15 is 0 Å². The predicted molar refractivity (Wildman–Crippen MR) is 82.5 cm³/mol. The van der Waals surface area contributed by atoms with Gasteiger partial charge in [0.2, 0.25) is 0 Å². The van der Waals surface area contributed by atoms with Gasteiger partial charge in [-0.15, -0.1) is 0 Å². The molecule has 0 radical (unpaired) electrons. The second-order valence-corrected chi connectivity index (χ2v) is 4.65. The second kappa shape index (κ2) is 6.78. The molecule has 0 bridgehead atoms. The van der Waals surface area contributed by atoms with Gasteiger partial charge in [-0.1, -0.05) is 48.5 Å². The molecule has 0 unspecified atom stereocenters. The van der Waals surface area contributed by atoms with Crippen molar-refractivity contribution >= 4 is 17.2 Å². The molecule has 2 aromatic rings. The van der Waals surface area contributed by atoms with E-state index in [2.05, 4.69) is 4.99 Å². The molecule has 102 valence electrons. The van der Waals surface area contributed by atoms with E-state index in [9.17, 15) is 4.79 Å². The van der Waals surface area contributed by atoms with Gasteiger partial charge in [0.25, 0.3) is 0 Å². The maximum atomic E-state index is 12.1. The fourth-order valence-electron chi connectivity index (χ4n) is 2.00. The quantitative estimate of drug-likeness (QED) is 0.665. The molecule has 0 heterocycles. The fourth-order valence-corrected chi connectivity index (χ4v) is 2.00. The number of hydrogen-bond acceptors (Lipinski definition) is 3. The molecule has 0 aliphatic carbocycles. The van der Waals surface area contributed by atoms with Crippen molar-refractivity contribution < 1.29 is 4.79 Å². The molecule has 3 nitrogen and oxygen atoms in total. The van der Waals surface area contributed by atoms with Gasteiger partial charge in [-0.05, 0) is 18.6 Å². The van der Waals surface area contributed by atoms with Crippen LogP contribution in [0.1, 0.15) is 29.3 Å². The van der Waals surface area contributed by atoms with Crippen molar-refractivity contribution in [3.63, 3.8) is 0 Å². The summed E-state index contributed by atoms with van der Waals surface area (Å²) in [5, 5.41) is 0. The summed E-state index contributed by atoms with van der Waals surface area (Å²) >= 11 is 0. The molecule has 20 heavy (non-hydrogen) atoms. The number of carbonyl (C=O) groups is 1. The Hall–Kier alpha value is -2.26. The summed E-state index contributed by atoms with van der Waals surface area (Å²) in [4.78, 5) is 16.6. The Morgan fingerprint density at radius 1 is 1.05 bits per heavy atom. The van der Waals surface area contributed by atoms with E-state index in [4.69, 9.17) is 5.73 Å². The van der Waals surface area contributed by atoms with Crippen LogP contribution in [-0.4, -0.2) is 11.5 Å². The molecule has 0 aromatic heterocycles. The molecule has 0 saturated heterocycles. The Labute approximate surface area is 119 Å². The van der Waals surface area contributed by atoms with Crippen LogP contribution in [0, 0.1) is 0 Å². The third kappa shape index (κ3) is 3.62. The third-order valence-corrected chi connectivity index (χ3v) is 3.03. The van der Waals surface area contributed by atoms with Gasteiger partial charge in [-0.3, -0.25) is 9.79 Å². The van der Waals surface area contributed by atoms with Gasteiger partial charge in [0.1, 0.15) is 0 Å². The minimum absolute atomic E-state index is 0.0806. The molecule has 0 saturated carbocycles. The van der Waals surface area contributed by atoms with Crippen LogP contribution in [0.25, 0.3) is 0 Å². The average molecular weight is 266 g/mol. The summed E-state index contributed by atoms with van der Waals surface area (Å²) in [5.74, 6) is 0.0806. The molecule has 2 aromatic carbocycles. The lowest BCUT2D eigenvalue weighted by molar-refractivity contribution is 0.100. The fraction of sp³-hybridized carbons (Fsp3) is 0.176. The van der Waals surface area contributed by atoms with Crippen LogP contribution in [0.15, 0.2) is 59.6 Å². The average Bonchev–Trinajstić information content (AvgIpc) is 2.48. The summed E-state index contributed by atoms with van der Waals surface area (Å²) < 4.78 is 0. The number of nitrogens with zero attached hydrogens (tertiary/aromatic N) is 1. The van der Waals surface area contributed by atoms with Crippen LogP contribution in [0.3, 0.4) is 0 Å². The first kappa shape index (κ1) is 14.2. The van der Waals surface area contributed by atoms with Gasteiger partial charge in [0.15, 0.2) is 5.78 Å². The molecule has 0 aliphatic heterocycles. The second-order valence-electron chi connectivity index (χ2n) is 4.65. The Kier molecular flexibility index (Phi) is 4.80. The van der Waals surface area contributed by atoms with Crippen molar-refractivity contribution in [2.75, 3.05) is 0 Å². The lowest BCUT2D eigenvalue weighted by atomic mass is 10.1. The molecule has 0 amide bonds. The first-order valence-corrected chi connectivity index (χ1v) is 6.61. The molecule has 0 fully saturated rings. The number of aliphatic imine (C=N–C) groups is 1. The minimum Gasteiger partial charge on any atom is -0.326 e. The lowest BCUT2D eigenvalue weighted by Gasteiger charge is -2.05. The van der Waals surface area contributed by atoms with Crippen molar-refractivity contribution in [3.05, 3.63) is 65.7 Å². The first-order chi connectivity index (χ1) is 9.70. The molecular formula is C17H18N2O. The number of benzene rings is 2. The zero-order valence-electron chi connectivity index (χ0n) is 11.5. The van der Waals surface area contributed by atoms with Gasteiger partial charge in [0, 0.05) is 24.2 Å². The summed E-state index contributed by atoms with van der Waals surface area (Å²) in [6, 6.07) is 17.0. The highest BCUT2D eigenvalue weighted by Crippen LogP contribution is 2.19. The van der Waals surface area contributed by atoms with Crippen LogP contribution in [0.2, 0.25) is 0 Å². The molecule has 3 heteroatoms. The van der Waals surface area contributed by atoms with Gasteiger partial charge in [-0.25, -0.2) is 0 Å². The van der Waals surface area contributed by atoms with Crippen molar-refractivity contribution in [1.29, 1.82) is 0 Å². The maximum absolute atomic E-state index is 12.1. The van der Waals surface area contributed by atoms with Crippen LogP contribution >= 0.6 is 0 Å². The van der Waals surface area contributed by atoms with E-state index in [0.717, 1.165) is 17.0 Å². The van der Waals surface area contributed by atoms with Crippen LogP contribution in [-0.2, 0) is 6.54 Å². The van der Waals surface area contributed by atoms with Crippen molar-refractivity contribution in [2.24, 2.45) is 10.7 Å². The minimum atomic E-state index is 0.0806. The summed E-state index contributed by atoms with van der Waals surface area (Å²) in [6.07, 6.45) is 0.322. The van der Waals surface area contributed by atoms with E-state index in [1.54, 1.807) is 0 Å². The summed E-state index contributed by atoms with van der Waals surface area (Å²) in [5.41, 5.74) is 9.02. The van der Waals surface area contributed by atoms with E-state index in [1.165, 1.54) is 0 Å². The number of ketones is 1. The molecule has 0 aliphatic rings. The standard InChI is InChI=1S/C17H18N2O/c1-13(11-17(20)14-7-3-2-4-8-14)19-16-10-6-5-9-15(16)12-18/h2-10H,11-12,18H2,1H3. The van der Waals surface area contributed by atoms with E-state index in [-0.39, 0.29) is 5.78 Å². The highest BCUT2D eigenvalue weighted by molar-refractivity contribution is 6.09. The lowest BCUT2D eigenvalue weighted by Crippen LogP contribution is -2.05. The number of hydrogen-bond donors (Lipinski definition) is 1. The van der Waals surface area contributed by atoms with Crippen molar-refractivity contribution in [2.45, 2.75) is 19.9 Å². The number of para-hydroxylation sites is 1. The zero-order valence-corrected chi connectivity index (χ0v) is 11.5. The molecule has 0 spiro atoms. The Balaban J connectivity index is 2.13. The normalized spacial score (nSPS) is 11.4. The topological polar surface area (TPSA) is 55.5 Å². The van der Waals surface area contributed by atoms with Crippen LogP contribution in [0.5, 0.6) is 0 Å². The largest absolute Gasteiger partial charge is 0.326 e. The zero-order chi connectivity index (χ0) is 14.4. The van der Waals surface area contributed by atoms with Gasteiger partial charge in [-0.2, -0.15) is 0 Å². The molecule has 2 N–H and O–H groups in total. The van der Waals surface area contributed by atoms with Crippen LogP contribution in [0.4, 0.5) is 5.69 Å².